The highest BCUT2D eigenvalue weighted by Crippen LogP contribution is 2.29. The van der Waals surface area contributed by atoms with Gasteiger partial charge in [-0.25, -0.2) is 4.39 Å². The largest absolute Gasteiger partial charge is 0.381 e. The summed E-state index contributed by atoms with van der Waals surface area (Å²) in [6.45, 7) is 8.05. The van der Waals surface area contributed by atoms with E-state index in [1.165, 1.54) is 57.8 Å². The van der Waals surface area contributed by atoms with Crippen LogP contribution in [0.2, 0.25) is 0 Å². The van der Waals surface area contributed by atoms with Crippen LogP contribution in [-0.4, -0.2) is 50.7 Å². The highest BCUT2D eigenvalue weighted by molar-refractivity contribution is 5.46. The summed E-state index contributed by atoms with van der Waals surface area (Å²) in [5.41, 5.74) is 3.05. The summed E-state index contributed by atoms with van der Waals surface area (Å²) in [4.78, 5) is 11.9. The minimum absolute atomic E-state index is 0.0337. The number of benzene rings is 2. The monoisotopic (exact) mass is 605 g/mol. The quantitative estimate of drug-likeness (QED) is 0.290. The topological polar surface area (TPSA) is 46.1 Å². The van der Waals surface area contributed by atoms with Gasteiger partial charge in [-0.1, -0.05) is 81.0 Å². The van der Waals surface area contributed by atoms with Crippen LogP contribution >= 0.6 is 0 Å². The molecule has 3 aliphatic rings. The van der Waals surface area contributed by atoms with Crippen LogP contribution in [0.1, 0.15) is 93.7 Å². The van der Waals surface area contributed by atoms with Gasteiger partial charge in [0, 0.05) is 38.1 Å². The number of amides is 1. The van der Waals surface area contributed by atoms with Crippen molar-refractivity contribution in [2.45, 2.75) is 96.5 Å². The molecule has 4 nitrogen and oxygen atoms in total. The molecule has 242 valence electrons. The number of rotatable bonds is 5. The number of nitrogens with zero attached hydrogens (tertiary/aromatic N) is 1. The second kappa shape index (κ2) is 30.9. The normalized spacial score (nSPS) is 17.0. The highest BCUT2D eigenvalue weighted by atomic mass is 19.1. The number of methoxy groups -OCH3 is 1. The molecule has 2 atom stereocenters. The molecule has 2 heterocycles. The third-order valence-corrected chi connectivity index (χ3v) is 7.55. The van der Waals surface area contributed by atoms with E-state index in [4.69, 9.17) is 4.74 Å². The zero-order chi connectivity index (χ0) is 33.4. The van der Waals surface area contributed by atoms with Crippen LogP contribution in [0.3, 0.4) is 0 Å². The summed E-state index contributed by atoms with van der Waals surface area (Å²) >= 11 is 0. The lowest BCUT2D eigenvalue weighted by Crippen LogP contribution is -2.81. The molecule has 1 amide bonds. The van der Waals surface area contributed by atoms with Crippen LogP contribution < -0.4 is 5.32 Å². The number of halogens is 1. The minimum Gasteiger partial charge on any atom is -0.381 e. The van der Waals surface area contributed by atoms with Crippen molar-refractivity contribution in [1.82, 2.24) is 4.90 Å². The molecule has 2 aromatic carbocycles. The van der Waals surface area contributed by atoms with Crippen LogP contribution in [0.15, 0.2) is 48.5 Å². The lowest BCUT2D eigenvalue weighted by Gasteiger charge is -2.21. The third kappa shape index (κ3) is 20.4. The molecule has 0 aromatic heterocycles. The number of hydrogen-bond donors (Lipinski definition) is 1. The average molecular weight is 606 g/mol. The summed E-state index contributed by atoms with van der Waals surface area (Å²) in [6, 6.07) is 15.8. The Balaban J connectivity index is 0. The van der Waals surface area contributed by atoms with Gasteiger partial charge in [0.05, 0.1) is 19.2 Å². The number of carbonyl (C=O) groups is 1. The third-order valence-electron chi connectivity index (χ3n) is 7.55. The number of nitrogens with two attached hydrogens (primary N) is 1. The Hall–Kier alpha value is -3.56. The average Bonchev–Trinajstić information content (AvgIpc) is 3.64. The zero-order valence-corrected chi connectivity index (χ0v) is 27.6. The van der Waals surface area contributed by atoms with E-state index in [0.717, 1.165) is 62.1 Å². The summed E-state index contributed by atoms with van der Waals surface area (Å²) in [5.74, 6) is 0.332. The number of ether oxygens (including phenoxy) is 1. The molecule has 1 saturated carbocycles. The van der Waals surface area contributed by atoms with Crippen LogP contribution in [-0.2, 0) is 16.0 Å². The highest BCUT2D eigenvalue weighted by Gasteiger charge is 2.26. The molecule has 44 heavy (non-hydrogen) atoms. The van der Waals surface area contributed by atoms with Crippen molar-refractivity contribution in [3.8, 4) is 38.5 Å². The maximum Gasteiger partial charge on any atom is 0.209 e. The molecule has 1 aliphatic carbocycles. The molecule has 2 aliphatic heterocycles. The molecule has 2 saturated heterocycles. The number of piperidine rings is 1. The Morgan fingerprint density at radius 2 is 1.32 bits per heavy atom. The van der Waals surface area contributed by atoms with E-state index in [0.29, 0.717) is 5.92 Å². The van der Waals surface area contributed by atoms with Gasteiger partial charge in [-0.15, -0.1) is 38.5 Å². The predicted molar refractivity (Wildman–Crippen MR) is 186 cm³/mol. The summed E-state index contributed by atoms with van der Waals surface area (Å²) < 4.78 is 19.6. The molecule has 5 heteroatoms. The van der Waals surface area contributed by atoms with Gasteiger partial charge in [-0.2, -0.15) is 0 Å². The smallest absolute Gasteiger partial charge is 0.209 e. The predicted octanol–water partition coefficient (Wildman–Crippen LogP) is 7.17. The van der Waals surface area contributed by atoms with Crippen molar-refractivity contribution in [2.75, 3.05) is 33.3 Å². The van der Waals surface area contributed by atoms with E-state index in [1.54, 1.807) is 13.2 Å². The van der Waals surface area contributed by atoms with Gasteiger partial charge >= 0.3 is 0 Å². The van der Waals surface area contributed by atoms with Crippen molar-refractivity contribution in [1.29, 1.82) is 0 Å². The molecular formula is C39H58FN2O2+. The van der Waals surface area contributed by atoms with Crippen molar-refractivity contribution < 1.29 is 19.2 Å². The van der Waals surface area contributed by atoms with Crippen molar-refractivity contribution in [3.63, 3.8) is 0 Å². The van der Waals surface area contributed by atoms with E-state index in [1.807, 2.05) is 55.1 Å². The number of aryl methyl sites for hydroxylation is 1. The van der Waals surface area contributed by atoms with Gasteiger partial charge in [0.1, 0.15) is 5.82 Å². The number of likely N-dealkylation sites (tertiary alicyclic amines) is 1. The van der Waals surface area contributed by atoms with E-state index >= 15 is 0 Å². The van der Waals surface area contributed by atoms with Gasteiger partial charge < -0.3 is 15.0 Å². The summed E-state index contributed by atoms with van der Waals surface area (Å²) in [7, 11) is 1.71. The second-order valence-electron chi connectivity index (χ2n) is 10.8. The lowest BCUT2D eigenvalue weighted by molar-refractivity contribution is -0.636. The van der Waals surface area contributed by atoms with E-state index in [2.05, 4.69) is 49.9 Å². The van der Waals surface area contributed by atoms with Gasteiger partial charge in [-0.3, -0.25) is 4.79 Å². The Morgan fingerprint density at radius 3 is 1.68 bits per heavy atom. The van der Waals surface area contributed by atoms with E-state index in [9.17, 15) is 9.18 Å². The number of hydrogen-bond acceptors (Lipinski definition) is 2. The summed E-state index contributed by atoms with van der Waals surface area (Å²) in [6.07, 6.45) is 39.6. The van der Waals surface area contributed by atoms with E-state index < -0.39 is 0 Å². The van der Waals surface area contributed by atoms with Crippen molar-refractivity contribution >= 4 is 6.41 Å². The molecule has 3 fully saturated rings. The lowest BCUT2D eigenvalue weighted by atomic mass is 9.89. The Bertz CT molecular complexity index is 934. The molecule has 2 aromatic rings. The molecular weight excluding hydrogens is 547 g/mol. The molecule has 0 bridgehead atoms. The van der Waals surface area contributed by atoms with Crippen molar-refractivity contribution in [2.24, 2.45) is 0 Å². The van der Waals surface area contributed by atoms with Gasteiger partial charge in [0.2, 0.25) is 6.41 Å². The number of carbonyl (C=O) groups excluding carboxylic acids is 1. The second-order valence-corrected chi connectivity index (χ2v) is 10.8. The van der Waals surface area contributed by atoms with Crippen LogP contribution in [0.25, 0.3) is 0 Å². The fourth-order valence-electron chi connectivity index (χ4n) is 5.33. The minimum atomic E-state index is -0.0337. The Morgan fingerprint density at radius 1 is 0.864 bits per heavy atom. The molecule has 0 unspecified atom stereocenters. The number of terminal acetylenes is 3. The maximum absolute atomic E-state index is 14.3. The maximum atomic E-state index is 14.3. The fraction of sp³-hybridized carbons (Fsp3) is 0.513. The van der Waals surface area contributed by atoms with Crippen LogP contribution in [0.4, 0.5) is 4.39 Å². The van der Waals surface area contributed by atoms with Crippen LogP contribution in [0.5, 0.6) is 0 Å². The van der Waals surface area contributed by atoms with Gasteiger partial charge in [0.25, 0.3) is 0 Å². The van der Waals surface area contributed by atoms with E-state index in [-0.39, 0.29) is 11.9 Å². The molecule has 0 radical (unpaired) electrons. The first-order valence-electron chi connectivity index (χ1n) is 15.9. The van der Waals surface area contributed by atoms with Gasteiger partial charge in [-0.05, 0) is 56.7 Å². The number of quaternary nitrogens is 1. The Labute approximate surface area is 269 Å². The summed E-state index contributed by atoms with van der Waals surface area (Å²) in [5, 5.41) is 2.27. The van der Waals surface area contributed by atoms with Gasteiger partial charge in [0.15, 0.2) is 0 Å². The molecule has 5 rings (SSSR count). The first-order chi connectivity index (χ1) is 21.5. The molecule has 2 N–H and O–H groups in total. The molecule has 0 spiro atoms. The van der Waals surface area contributed by atoms with Crippen LogP contribution in [0, 0.1) is 51.3 Å². The fourth-order valence-corrected chi connectivity index (χ4v) is 5.33. The SMILES string of the molecule is C#C.C#C.C#C.C1CCCCC1.CO[C@H](C)Cc1cc(C)cc(F)c1[C@H]1CC[NH2+]C1.O=CN1CCCCC1.c1ccccc1. The first-order valence-corrected chi connectivity index (χ1v) is 15.9. The standard InChI is InChI=1S/C15H22FNO.C6H11NO.C6H12.C6H6.3C2H2/c1-10-6-13(8-11(2)18-3)15(14(16)7-10)12-4-5-17-9-12;8-6-7-4-2-1-3-5-7;2*1-2-4-6-5-3-1;3*1-2/h6-7,11-12,17H,4-5,8-9H2,1-3H3;6H,1-5H2;1-6H2;1-6H;3*1-2H/p+1/t11-,12+;;;;;;/m1....../s1. The Kier molecular flexibility index (Phi) is 29.9. The van der Waals surface area contributed by atoms with Crippen molar-refractivity contribution in [3.05, 3.63) is 71.0 Å². The zero-order valence-electron chi connectivity index (χ0n) is 27.6. The first kappa shape index (κ1) is 42.6.